The lowest BCUT2D eigenvalue weighted by atomic mass is 10.00. The van der Waals surface area contributed by atoms with Gasteiger partial charge >= 0.3 is 0 Å². The SMILES string of the molecule is COCCOCC(N)c1cc(CCCOc2c(C)cc(-c3ccccc3)cc2C)on1. The van der Waals surface area contributed by atoms with Crippen LogP contribution in [0.3, 0.4) is 0 Å². The summed E-state index contributed by atoms with van der Waals surface area (Å²) in [5.41, 5.74) is 11.5. The van der Waals surface area contributed by atoms with Crippen molar-refractivity contribution in [3.8, 4) is 16.9 Å². The molecule has 1 heterocycles. The van der Waals surface area contributed by atoms with Crippen molar-refractivity contribution in [2.75, 3.05) is 33.5 Å². The highest BCUT2D eigenvalue weighted by Crippen LogP contribution is 2.30. The summed E-state index contributed by atoms with van der Waals surface area (Å²) >= 11 is 0. The lowest BCUT2D eigenvalue weighted by Crippen LogP contribution is -2.18. The maximum absolute atomic E-state index is 6.10. The topological polar surface area (TPSA) is 79.7 Å². The minimum atomic E-state index is -0.306. The van der Waals surface area contributed by atoms with Crippen molar-refractivity contribution >= 4 is 0 Å². The van der Waals surface area contributed by atoms with E-state index in [-0.39, 0.29) is 6.04 Å². The van der Waals surface area contributed by atoms with E-state index in [1.165, 1.54) is 11.1 Å². The molecule has 3 aromatic rings. The van der Waals surface area contributed by atoms with Crippen LogP contribution in [0.2, 0.25) is 0 Å². The first-order valence-corrected chi connectivity index (χ1v) is 10.7. The summed E-state index contributed by atoms with van der Waals surface area (Å²) in [4.78, 5) is 0. The average molecular weight is 425 g/mol. The van der Waals surface area contributed by atoms with Crippen LogP contribution in [-0.4, -0.2) is 38.7 Å². The van der Waals surface area contributed by atoms with E-state index >= 15 is 0 Å². The fraction of sp³-hybridized carbons (Fsp3) is 0.400. The Labute approximate surface area is 184 Å². The van der Waals surface area contributed by atoms with Crippen LogP contribution in [-0.2, 0) is 15.9 Å². The van der Waals surface area contributed by atoms with Crippen molar-refractivity contribution in [2.24, 2.45) is 5.73 Å². The molecular weight excluding hydrogens is 392 g/mol. The van der Waals surface area contributed by atoms with Gasteiger partial charge in [0.15, 0.2) is 0 Å². The molecule has 0 aliphatic carbocycles. The number of ether oxygens (including phenoxy) is 3. The molecular formula is C25H32N2O4. The lowest BCUT2D eigenvalue weighted by Gasteiger charge is -2.14. The Bertz CT molecular complexity index is 917. The lowest BCUT2D eigenvalue weighted by molar-refractivity contribution is 0.0627. The van der Waals surface area contributed by atoms with Crippen LogP contribution in [0.5, 0.6) is 5.75 Å². The summed E-state index contributed by atoms with van der Waals surface area (Å²) in [6.07, 6.45) is 1.57. The number of aryl methyl sites for hydroxylation is 3. The summed E-state index contributed by atoms with van der Waals surface area (Å²) in [5, 5.41) is 4.07. The van der Waals surface area contributed by atoms with Crippen LogP contribution in [0.25, 0.3) is 11.1 Å². The van der Waals surface area contributed by atoms with Gasteiger partial charge in [0.1, 0.15) is 17.2 Å². The highest BCUT2D eigenvalue weighted by atomic mass is 16.5. The van der Waals surface area contributed by atoms with Gasteiger partial charge < -0.3 is 24.5 Å². The molecule has 0 amide bonds. The Morgan fingerprint density at radius 2 is 1.71 bits per heavy atom. The molecule has 31 heavy (non-hydrogen) atoms. The number of methoxy groups -OCH3 is 1. The van der Waals surface area contributed by atoms with Crippen LogP contribution in [0, 0.1) is 13.8 Å². The summed E-state index contributed by atoms with van der Waals surface area (Å²) in [7, 11) is 1.64. The second kappa shape index (κ2) is 11.6. The van der Waals surface area contributed by atoms with Gasteiger partial charge in [-0.15, -0.1) is 0 Å². The van der Waals surface area contributed by atoms with E-state index in [0.717, 1.165) is 35.5 Å². The molecule has 0 radical (unpaired) electrons. The Hall–Kier alpha value is -2.67. The molecule has 0 fully saturated rings. The zero-order chi connectivity index (χ0) is 22.1. The van der Waals surface area contributed by atoms with E-state index in [0.29, 0.717) is 32.1 Å². The largest absolute Gasteiger partial charge is 0.493 e. The molecule has 6 heteroatoms. The summed E-state index contributed by atoms with van der Waals surface area (Å²) < 4.78 is 21.9. The molecule has 166 valence electrons. The van der Waals surface area contributed by atoms with Crippen molar-refractivity contribution in [1.29, 1.82) is 0 Å². The molecule has 0 bridgehead atoms. The van der Waals surface area contributed by atoms with Crippen LogP contribution < -0.4 is 10.5 Å². The Balaban J connectivity index is 1.47. The number of nitrogens with zero attached hydrogens (tertiary/aromatic N) is 1. The molecule has 1 unspecified atom stereocenters. The van der Waals surface area contributed by atoms with Crippen molar-refractivity contribution in [3.05, 3.63) is 71.1 Å². The summed E-state index contributed by atoms with van der Waals surface area (Å²) in [6, 6.07) is 16.3. The number of rotatable bonds is 12. The van der Waals surface area contributed by atoms with Gasteiger partial charge in [-0.1, -0.05) is 35.5 Å². The number of nitrogens with two attached hydrogens (primary N) is 1. The molecule has 1 aromatic heterocycles. The first-order chi connectivity index (χ1) is 15.1. The quantitative estimate of drug-likeness (QED) is 0.427. The number of hydrogen-bond acceptors (Lipinski definition) is 6. The third-order valence-electron chi connectivity index (χ3n) is 5.07. The Kier molecular flexibility index (Phi) is 8.64. The average Bonchev–Trinajstić information content (AvgIpc) is 3.25. The minimum Gasteiger partial charge on any atom is -0.493 e. The Morgan fingerprint density at radius 1 is 0.968 bits per heavy atom. The van der Waals surface area contributed by atoms with Crippen molar-refractivity contribution in [1.82, 2.24) is 5.16 Å². The highest BCUT2D eigenvalue weighted by Gasteiger charge is 2.13. The van der Waals surface area contributed by atoms with Gasteiger partial charge in [0, 0.05) is 19.6 Å². The van der Waals surface area contributed by atoms with Crippen molar-refractivity contribution < 1.29 is 18.7 Å². The molecule has 6 nitrogen and oxygen atoms in total. The normalized spacial score (nSPS) is 12.1. The van der Waals surface area contributed by atoms with Gasteiger partial charge in [-0.3, -0.25) is 0 Å². The van der Waals surface area contributed by atoms with Gasteiger partial charge in [-0.25, -0.2) is 0 Å². The van der Waals surface area contributed by atoms with Gasteiger partial charge in [0.05, 0.1) is 32.5 Å². The number of aromatic nitrogens is 1. The van der Waals surface area contributed by atoms with E-state index in [1.807, 2.05) is 12.1 Å². The van der Waals surface area contributed by atoms with E-state index in [9.17, 15) is 0 Å². The molecule has 0 saturated heterocycles. The fourth-order valence-corrected chi connectivity index (χ4v) is 3.46. The number of benzene rings is 2. The fourth-order valence-electron chi connectivity index (χ4n) is 3.46. The first kappa shape index (κ1) is 23.0. The molecule has 0 spiro atoms. The van der Waals surface area contributed by atoms with Gasteiger partial charge in [-0.2, -0.15) is 0 Å². The summed E-state index contributed by atoms with van der Waals surface area (Å²) in [5.74, 6) is 1.76. The zero-order valence-electron chi connectivity index (χ0n) is 18.6. The molecule has 2 N–H and O–H groups in total. The van der Waals surface area contributed by atoms with Crippen molar-refractivity contribution in [3.63, 3.8) is 0 Å². The van der Waals surface area contributed by atoms with E-state index in [1.54, 1.807) is 7.11 Å². The first-order valence-electron chi connectivity index (χ1n) is 10.7. The van der Waals surface area contributed by atoms with Crippen LogP contribution >= 0.6 is 0 Å². The molecule has 0 saturated carbocycles. The predicted molar refractivity (Wildman–Crippen MR) is 121 cm³/mol. The Morgan fingerprint density at radius 3 is 2.42 bits per heavy atom. The maximum Gasteiger partial charge on any atom is 0.137 e. The third-order valence-corrected chi connectivity index (χ3v) is 5.07. The minimum absolute atomic E-state index is 0.306. The molecule has 0 aliphatic heterocycles. The highest BCUT2D eigenvalue weighted by molar-refractivity contribution is 5.67. The van der Waals surface area contributed by atoms with Crippen LogP contribution in [0.1, 0.15) is 35.0 Å². The monoisotopic (exact) mass is 424 g/mol. The second-order valence-electron chi connectivity index (χ2n) is 7.65. The van der Waals surface area contributed by atoms with Crippen LogP contribution in [0.15, 0.2) is 53.1 Å². The maximum atomic E-state index is 6.10. The second-order valence-corrected chi connectivity index (χ2v) is 7.65. The van der Waals surface area contributed by atoms with E-state index in [2.05, 4.69) is 55.4 Å². The third kappa shape index (κ3) is 6.66. The molecule has 2 aromatic carbocycles. The van der Waals surface area contributed by atoms with Crippen LogP contribution in [0.4, 0.5) is 0 Å². The van der Waals surface area contributed by atoms with Gasteiger partial charge in [-0.05, 0) is 54.7 Å². The van der Waals surface area contributed by atoms with Gasteiger partial charge in [0.2, 0.25) is 0 Å². The van der Waals surface area contributed by atoms with Crippen molar-refractivity contribution in [2.45, 2.75) is 32.7 Å². The van der Waals surface area contributed by atoms with E-state index < -0.39 is 0 Å². The predicted octanol–water partition coefficient (Wildman–Crippen LogP) is 4.63. The molecule has 1 atom stereocenters. The standard InChI is InChI=1S/C25H32N2O4/c1-18-14-21(20-8-5-4-6-9-20)15-19(2)25(18)30-11-7-10-22-16-24(27-31-22)23(26)17-29-13-12-28-3/h4-6,8-9,14-16,23H,7,10-13,17,26H2,1-3H3. The number of hydrogen-bond donors (Lipinski definition) is 1. The summed E-state index contributed by atoms with van der Waals surface area (Å²) in [6.45, 7) is 6.23. The molecule has 0 aliphatic rings. The molecule has 3 rings (SSSR count). The zero-order valence-corrected chi connectivity index (χ0v) is 18.6. The van der Waals surface area contributed by atoms with E-state index in [4.69, 9.17) is 24.5 Å². The van der Waals surface area contributed by atoms with Gasteiger partial charge in [0.25, 0.3) is 0 Å². The smallest absolute Gasteiger partial charge is 0.137 e.